The first kappa shape index (κ1) is 10.2. The minimum Gasteiger partial charge on any atom is -0.426 e. The van der Waals surface area contributed by atoms with E-state index in [1.807, 2.05) is 24.3 Å². The summed E-state index contributed by atoms with van der Waals surface area (Å²) in [7, 11) is 0. The molecule has 1 aromatic carbocycles. The summed E-state index contributed by atoms with van der Waals surface area (Å²) in [4.78, 5) is 11.7. The monoisotopic (exact) mass is 204 g/mol. The number of ether oxygens (including phenoxy) is 1. The van der Waals surface area contributed by atoms with E-state index in [1.165, 1.54) is 0 Å². The first-order chi connectivity index (χ1) is 7.16. The van der Waals surface area contributed by atoms with Crippen molar-refractivity contribution >= 4 is 5.97 Å². The number of carbonyl (C=O) groups is 1. The van der Waals surface area contributed by atoms with Gasteiger partial charge in [-0.1, -0.05) is 32.0 Å². The Morgan fingerprint density at radius 1 is 1.40 bits per heavy atom. The molecular weight excluding hydrogens is 188 g/mol. The number of rotatable bonds is 2. The standard InChI is InChI=1S/C13H16O2/c1-9(2)7-11-8-10-5-3-4-6-12(10)15-13(11)14/h3-6,9,11H,7-8H2,1-2H3/t11-/m0/s1. The second-order valence-electron chi connectivity index (χ2n) is 4.56. The Bertz CT molecular complexity index is 369. The number of para-hydroxylation sites is 1. The molecule has 1 atom stereocenters. The summed E-state index contributed by atoms with van der Waals surface area (Å²) in [5.74, 6) is 1.25. The summed E-state index contributed by atoms with van der Waals surface area (Å²) in [5, 5.41) is 0. The van der Waals surface area contributed by atoms with Crippen molar-refractivity contribution in [3.8, 4) is 5.75 Å². The quantitative estimate of drug-likeness (QED) is 0.547. The van der Waals surface area contributed by atoms with Gasteiger partial charge in [-0.15, -0.1) is 0 Å². The van der Waals surface area contributed by atoms with Crippen molar-refractivity contribution in [2.75, 3.05) is 0 Å². The predicted octanol–water partition coefficient (Wildman–Crippen LogP) is 2.81. The lowest BCUT2D eigenvalue weighted by Gasteiger charge is -2.24. The van der Waals surface area contributed by atoms with E-state index in [0.29, 0.717) is 5.92 Å². The van der Waals surface area contributed by atoms with E-state index in [-0.39, 0.29) is 11.9 Å². The summed E-state index contributed by atoms with van der Waals surface area (Å²) in [6, 6.07) is 7.78. The summed E-state index contributed by atoms with van der Waals surface area (Å²) in [5.41, 5.74) is 1.16. The molecule has 0 radical (unpaired) electrons. The van der Waals surface area contributed by atoms with Crippen molar-refractivity contribution in [1.82, 2.24) is 0 Å². The van der Waals surface area contributed by atoms with Crippen molar-refractivity contribution in [3.63, 3.8) is 0 Å². The van der Waals surface area contributed by atoms with Gasteiger partial charge in [0.1, 0.15) is 5.75 Å². The summed E-state index contributed by atoms with van der Waals surface area (Å²) < 4.78 is 5.31. The van der Waals surface area contributed by atoms with Gasteiger partial charge in [0.25, 0.3) is 0 Å². The van der Waals surface area contributed by atoms with Crippen LogP contribution in [0.25, 0.3) is 0 Å². The SMILES string of the molecule is CC(C)C[C@H]1Cc2ccccc2OC1=O. The Balaban J connectivity index is 2.18. The van der Waals surface area contributed by atoms with E-state index in [0.717, 1.165) is 24.2 Å². The van der Waals surface area contributed by atoms with Crippen LogP contribution in [0.2, 0.25) is 0 Å². The fourth-order valence-corrected chi connectivity index (χ4v) is 2.06. The molecule has 0 unspecified atom stereocenters. The molecule has 0 saturated heterocycles. The second kappa shape index (κ2) is 4.05. The van der Waals surface area contributed by atoms with E-state index in [9.17, 15) is 4.79 Å². The zero-order valence-corrected chi connectivity index (χ0v) is 9.19. The molecule has 2 nitrogen and oxygen atoms in total. The van der Waals surface area contributed by atoms with Crippen LogP contribution in [-0.2, 0) is 11.2 Å². The predicted molar refractivity (Wildman–Crippen MR) is 58.7 cm³/mol. The smallest absolute Gasteiger partial charge is 0.314 e. The van der Waals surface area contributed by atoms with Crippen LogP contribution in [0.1, 0.15) is 25.8 Å². The van der Waals surface area contributed by atoms with Crippen LogP contribution >= 0.6 is 0 Å². The Morgan fingerprint density at radius 2 is 2.13 bits per heavy atom. The fraction of sp³-hybridized carbons (Fsp3) is 0.462. The van der Waals surface area contributed by atoms with Crippen LogP contribution in [0.5, 0.6) is 5.75 Å². The van der Waals surface area contributed by atoms with Crippen molar-refractivity contribution in [2.24, 2.45) is 11.8 Å². The molecule has 80 valence electrons. The molecular formula is C13H16O2. The van der Waals surface area contributed by atoms with Gasteiger partial charge in [-0.2, -0.15) is 0 Å². The average Bonchev–Trinajstić information content (AvgIpc) is 2.18. The third-order valence-corrected chi connectivity index (χ3v) is 2.74. The first-order valence-corrected chi connectivity index (χ1v) is 5.46. The third-order valence-electron chi connectivity index (χ3n) is 2.74. The van der Waals surface area contributed by atoms with Crippen LogP contribution in [0.3, 0.4) is 0 Å². The molecule has 0 N–H and O–H groups in total. The molecule has 0 amide bonds. The molecule has 0 spiro atoms. The minimum absolute atomic E-state index is 0.0416. The maximum absolute atomic E-state index is 11.7. The minimum atomic E-state index is -0.0672. The Labute approximate surface area is 90.3 Å². The van der Waals surface area contributed by atoms with Crippen molar-refractivity contribution in [2.45, 2.75) is 26.7 Å². The van der Waals surface area contributed by atoms with Gasteiger partial charge >= 0.3 is 5.97 Å². The molecule has 0 bridgehead atoms. The van der Waals surface area contributed by atoms with Gasteiger partial charge in [0.15, 0.2) is 0 Å². The lowest BCUT2D eigenvalue weighted by molar-refractivity contribution is -0.140. The third kappa shape index (κ3) is 2.20. The maximum atomic E-state index is 11.7. The van der Waals surface area contributed by atoms with Crippen LogP contribution in [-0.4, -0.2) is 5.97 Å². The van der Waals surface area contributed by atoms with Crippen LogP contribution in [0.4, 0.5) is 0 Å². The van der Waals surface area contributed by atoms with E-state index < -0.39 is 0 Å². The molecule has 0 aromatic heterocycles. The van der Waals surface area contributed by atoms with Gasteiger partial charge in [0.05, 0.1) is 5.92 Å². The summed E-state index contributed by atoms with van der Waals surface area (Å²) in [6.07, 6.45) is 1.74. The van der Waals surface area contributed by atoms with E-state index >= 15 is 0 Å². The highest BCUT2D eigenvalue weighted by molar-refractivity contribution is 5.78. The highest BCUT2D eigenvalue weighted by Crippen LogP contribution is 2.30. The van der Waals surface area contributed by atoms with Gasteiger partial charge in [-0.3, -0.25) is 4.79 Å². The van der Waals surface area contributed by atoms with Gasteiger partial charge in [0.2, 0.25) is 0 Å². The molecule has 2 rings (SSSR count). The topological polar surface area (TPSA) is 26.3 Å². The first-order valence-electron chi connectivity index (χ1n) is 5.46. The molecule has 0 fully saturated rings. The lowest BCUT2D eigenvalue weighted by atomic mass is 9.89. The molecule has 1 aromatic rings. The summed E-state index contributed by atoms with van der Waals surface area (Å²) >= 11 is 0. The number of hydrogen-bond acceptors (Lipinski definition) is 2. The van der Waals surface area contributed by atoms with Crippen molar-refractivity contribution in [1.29, 1.82) is 0 Å². The zero-order chi connectivity index (χ0) is 10.8. The molecule has 0 saturated carbocycles. The van der Waals surface area contributed by atoms with E-state index in [2.05, 4.69) is 13.8 Å². The molecule has 1 heterocycles. The highest BCUT2D eigenvalue weighted by Gasteiger charge is 2.28. The maximum Gasteiger partial charge on any atom is 0.314 e. The van der Waals surface area contributed by atoms with Crippen molar-refractivity contribution < 1.29 is 9.53 Å². The number of carbonyl (C=O) groups excluding carboxylic acids is 1. The van der Waals surface area contributed by atoms with Crippen LogP contribution in [0, 0.1) is 11.8 Å². The zero-order valence-electron chi connectivity index (χ0n) is 9.19. The largest absolute Gasteiger partial charge is 0.426 e. The van der Waals surface area contributed by atoms with Gasteiger partial charge < -0.3 is 4.74 Å². The molecule has 1 aliphatic heterocycles. The number of benzene rings is 1. The van der Waals surface area contributed by atoms with E-state index in [1.54, 1.807) is 0 Å². The Morgan fingerprint density at radius 3 is 2.87 bits per heavy atom. The molecule has 2 heteroatoms. The number of hydrogen-bond donors (Lipinski definition) is 0. The number of fused-ring (bicyclic) bond motifs is 1. The van der Waals surface area contributed by atoms with Crippen molar-refractivity contribution in [3.05, 3.63) is 29.8 Å². The van der Waals surface area contributed by atoms with Gasteiger partial charge in [-0.05, 0) is 30.4 Å². The second-order valence-corrected chi connectivity index (χ2v) is 4.56. The van der Waals surface area contributed by atoms with E-state index in [4.69, 9.17) is 4.74 Å². The van der Waals surface area contributed by atoms with Crippen LogP contribution < -0.4 is 4.74 Å². The Hall–Kier alpha value is -1.31. The fourth-order valence-electron chi connectivity index (χ4n) is 2.06. The van der Waals surface area contributed by atoms with Gasteiger partial charge in [-0.25, -0.2) is 0 Å². The molecule has 0 aliphatic carbocycles. The van der Waals surface area contributed by atoms with Crippen LogP contribution in [0.15, 0.2) is 24.3 Å². The normalized spacial score (nSPS) is 19.9. The Kier molecular flexibility index (Phi) is 2.76. The molecule has 1 aliphatic rings. The summed E-state index contributed by atoms with van der Waals surface area (Å²) in [6.45, 7) is 4.27. The number of esters is 1. The lowest BCUT2D eigenvalue weighted by Crippen LogP contribution is -2.28. The average molecular weight is 204 g/mol. The highest BCUT2D eigenvalue weighted by atomic mass is 16.5. The molecule has 15 heavy (non-hydrogen) atoms. The van der Waals surface area contributed by atoms with Gasteiger partial charge in [0, 0.05) is 0 Å².